The second-order valence-corrected chi connectivity index (χ2v) is 4.07. The van der Waals surface area contributed by atoms with E-state index in [2.05, 4.69) is 15.3 Å². The molecule has 3 aromatic rings. The second kappa shape index (κ2) is 6.16. The van der Waals surface area contributed by atoms with Gasteiger partial charge in [-0.25, -0.2) is 4.98 Å². The number of pyridine rings is 1. The minimum Gasteiger partial charge on any atom is -0.443 e. The quantitative estimate of drug-likeness (QED) is 0.804. The lowest BCUT2D eigenvalue weighted by Crippen LogP contribution is -2.22. The van der Waals surface area contributed by atoms with Crippen LogP contribution in [0.25, 0.3) is 11.1 Å². The topological polar surface area (TPSA) is 68.0 Å². The Hall–Kier alpha value is -2.40. The molecular weight excluding hydrogens is 278 g/mol. The van der Waals surface area contributed by atoms with Gasteiger partial charge in [-0.05, 0) is 29.8 Å². The van der Waals surface area contributed by atoms with E-state index in [9.17, 15) is 4.79 Å². The summed E-state index contributed by atoms with van der Waals surface area (Å²) in [6.45, 7) is 0.442. The fraction of sp³-hybridized carbons (Fsp3) is 0.0714. The minimum atomic E-state index is -0.125. The average Bonchev–Trinajstić information content (AvgIpc) is 2.93. The molecular formula is C14H12ClN3O2. The highest BCUT2D eigenvalue weighted by molar-refractivity contribution is 5.93. The highest BCUT2D eigenvalue weighted by atomic mass is 35.5. The number of aromatic nitrogens is 2. The van der Waals surface area contributed by atoms with E-state index in [1.165, 1.54) is 6.39 Å². The van der Waals surface area contributed by atoms with Crippen LogP contribution in [0, 0.1) is 0 Å². The Morgan fingerprint density at radius 2 is 2.00 bits per heavy atom. The molecule has 0 atom stereocenters. The lowest BCUT2D eigenvalue weighted by Gasteiger charge is -2.04. The molecule has 0 aliphatic rings. The number of nitrogens with zero attached hydrogens (tertiary/aromatic N) is 2. The number of hydrogen-bond acceptors (Lipinski definition) is 4. The lowest BCUT2D eigenvalue weighted by molar-refractivity contribution is 0.0951. The fourth-order valence-electron chi connectivity index (χ4n) is 1.80. The van der Waals surface area contributed by atoms with E-state index >= 15 is 0 Å². The normalized spacial score (nSPS) is 10.0. The monoisotopic (exact) mass is 289 g/mol. The molecule has 2 aromatic heterocycles. The summed E-state index contributed by atoms with van der Waals surface area (Å²) < 4.78 is 5.22. The maximum atomic E-state index is 11.9. The standard InChI is InChI=1S/C14H11N3O2.ClH/c18-14(11-3-5-15-6-4-11)16-8-10-1-2-12-13(7-10)19-9-17-12;/h1-7,9H,8H2,(H,16,18);1H. The molecule has 0 saturated carbocycles. The molecule has 0 aliphatic carbocycles. The minimum absolute atomic E-state index is 0. The van der Waals surface area contributed by atoms with Crippen molar-refractivity contribution in [1.29, 1.82) is 0 Å². The van der Waals surface area contributed by atoms with Crippen molar-refractivity contribution < 1.29 is 9.21 Å². The predicted molar refractivity (Wildman–Crippen MR) is 76.7 cm³/mol. The summed E-state index contributed by atoms with van der Waals surface area (Å²) in [6.07, 6.45) is 4.59. The molecule has 0 spiro atoms. The van der Waals surface area contributed by atoms with Gasteiger partial charge in [-0.1, -0.05) is 6.07 Å². The molecule has 1 aromatic carbocycles. The molecule has 0 unspecified atom stereocenters. The van der Waals surface area contributed by atoms with E-state index in [1.54, 1.807) is 24.5 Å². The molecule has 3 rings (SSSR count). The first-order valence-electron chi connectivity index (χ1n) is 5.83. The van der Waals surface area contributed by atoms with Crippen molar-refractivity contribution in [3.63, 3.8) is 0 Å². The number of fused-ring (bicyclic) bond motifs is 1. The Kier molecular flexibility index (Phi) is 4.32. The van der Waals surface area contributed by atoms with Gasteiger partial charge in [0.05, 0.1) is 0 Å². The van der Waals surface area contributed by atoms with Crippen LogP contribution < -0.4 is 5.32 Å². The molecule has 2 heterocycles. The number of nitrogens with one attached hydrogen (secondary N) is 1. The van der Waals surface area contributed by atoms with Crippen molar-refractivity contribution in [2.24, 2.45) is 0 Å². The third kappa shape index (κ3) is 2.95. The van der Waals surface area contributed by atoms with Crippen molar-refractivity contribution in [2.75, 3.05) is 0 Å². The Balaban J connectivity index is 0.00000147. The summed E-state index contributed by atoms with van der Waals surface area (Å²) in [4.78, 5) is 19.8. The van der Waals surface area contributed by atoms with Crippen LogP contribution in [0.4, 0.5) is 0 Å². The number of benzene rings is 1. The van der Waals surface area contributed by atoms with E-state index in [-0.39, 0.29) is 18.3 Å². The molecule has 0 bridgehead atoms. The van der Waals surface area contributed by atoms with Crippen molar-refractivity contribution in [3.8, 4) is 0 Å². The number of halogens is 1. The van der Waals surface area contributed by atoms with E-state index in [4.69, 9.17) is 4.42 Å². The van der Waals surface area contributed by atoms with E-state index in [0.29, 0.717) is 12.1 Å². The molecule has 102 valence electrons. The largest absolute Gasteiger partial charge is 0.443 e. The van der Waals surface area contributed by atoms with Crippen LogP contribution in [0.5, 0.6) is 0 Å². The third-order valence-corrected chi connectivity index (χ3v) is 2.79. The maximum absolute atomic E-state index is 11.9. The van der Waals surface area contributed by atoms with Crippen molar-refractivity contribution in [1.82, 2.24) is 15.3 Å². The molecule has 1 N–H and O–H groups in total. The Bertz CT molecular complexity index is 713. The summed E-state index contributed by atoms with van der Waals surface area (Å²) in [5, 5.41) is 2.84. The molecule has 1 amide bonds. The Labute approximate surface area is 121 Å². The van der Waals surface area contributed by atoms with Gasteiger partial charge in [-0.3, -0.25) is 9.78 Å². The van der Waals surface area contributed by atoms with Gasteiger partial charge in [0.15, 0.2) is 12.0 Å². The summed E-state index contributed by atoms with van der Waals surface area (Å²) in [6, 6.07) is 9.00. The van der Waals surface area contributed by atoms with Gasteiger partial charge < -0.3 is 9.73 Å². The smallest absolute Gasteiger partial charge is 0.251 e. The zero-order chi connectivity index (χ0) is 13.1. The van der Waals surface area contributed by atoms with E-state index in [1.807, 2.05) is 18.2 Å². The third-order valence-electron chi connectivity index (χ3n) is 2.79. The average molecular weight is 290 g/mol. The van der Waals surface area contributed by atoms with Crippen LogP contribution in [0.2, 0.25) is 0 Å². The van der Waals surface area contributed by atoms with Gasteiger partial charge >= 0.3 is 0 Å². The molecule has 0 saturated heterocycles. The van der Waals surface area contributed by atoms with Crippen molar-refractivity contribution >= 4 is 29.4 Å². The number of carbonyl (C=O) groups is 1. The summed E-state index contributed by atoms with van der Waals surface area (Å²) in [5.74, 6) is -0.125. The van der Waals surface area contributed by atoms with E-state index < -0.39 is 0 Å². The highest BCUT2D eigenvalue weighted by Gasteiger charge is 2.05. The first-order valence-corrected chi connectivity index (χ1v) is 5.83. The van der Waals surface area contributed by atoms with Crippen molar-refractivity contribution in [2.45, 2.75) is 6.54 Å². The van der Waals surface area contributed by atoms with Gasteiger partial charge in [0, 0.05) is 24.5 Å². The van der Waals surface area contributed by atoms with Crippen LogP contribution in [-0.2, 0) is 6.54 Å². The fourth-order valence-corrected chi connectivity index (χ4v) is 1.80. The summed E-state index contributed by atoms with van der Waals surface area (Å²) in [5.41, 5.74) is 3.09. The van der Waals surface area contributed by atoms with E-state index in [0.717, 1.165) is 16.7 Å². The molecule has 0 radical (unpaired) electrons. The summed E-state index contributed by atoms with van der Waals surface area (Å²) in [7, 11) is 0. The molecule has 20 heavy (non-hydrogen) atoms. The Morgan fingerprint density at radius 3 is 2.80 bits per heavy atom. The molecule has 6 heteroatoms. The summed E-state index contributed by atoms with van der Waals surface area (Å²) >= 11 is 0. The van der Waals surface area contributed by atoms with Crippen LogP contribution in [0.1, 0.15) is 15.9 Å². The van der Waals surface area contributed by atoms with Gasteiger partial charge in [0.1, 0.15) is 5.52 Å². The molecule has 5 nitrogen and oxygen atoms in total. The SMILES string of the molecule is Cl.O=C(NCc1ccc2ncoc2c1)c1ccncc1. The van der Waals surface area contributed by atoms with Gasteiger partial charge in [-0.15, -0.1) is 12.4 Å². The molecule has 0 aliphatic heterocycles. The van der Waals surface area contributed by atoms with Crippen LogP contribution >= 0.6 is 12.4 Å². The van der Waals surface area contributed by atoms with Crippen molar-refractivity contribution in [3.05, 3.63) is 60.2 Å². The first-order chi connectivity index (χ1) is 9.33. The number of rotatable bonds is 3. The van der Waals surface area contributed by atoms with Crippen LogP contribution in [0.3, 0.4) is 0 Å². The van der Waals surface area contributed by atoms with Crippen LogP contribution in [0.15, 0.2) is 53.5 Å². The first kappa shape index (κ1) is 14.0. The lowest BCUT2D eigenvalue weighted by atomic mass is 10.2. The van der Waals surface area contributed by atoms with Crippen LogP contribution in [-0.4, -0.2) is 15.9 Å². The molecule has 0 fully saturated rings. The number of oxazole rings is 1. The van der Waals surface area contributed by atoms with Gasteiger partial charge in [-0.2, -0.15) is 0 Å². The Morgan fingerprint density at radius 1 is 1.20 bits per heavy atom. The number of hydrogen-bond donors (Lipinski definition) is 1. The number of amides is 1. The number of carbonyl (C=O) groups excluding carboxylic acids is 1. The zero-order valence-electron chi connectivity index (χ0n) is 10.4. The van der Waals surface area contributed by atoms with Gasteiger partial charge in [0.2, 0.25) is 0 Å². The highest BCUT2D eigenvalue weighted by Crippen LogP contribution is 2.14. The predicted octanol–water partition coefficient (Wildman–Crippen LogP) is 2.57. The maximum Gasteiger partial charge on any atom is 0.251 e. The second-order valence-electron chi connectivity index (χ2n) is 4.07. The zero-order valence-corrected chi connectivity index (χ0v) is 11.3. The van der Waals surface area contributed by atoms with Gasteiger partial charge in [0.25, 0.3) is 5.91 Å².